The van der Waals surface area contributed by atoms with Crippen molar-refractivity contribution in [3.8, 4) is 18.0 Å². The van der Waals surface area contributed by atoms with Crippen LogP contribution in [0.2, 0.25) is 0 Å². The fraction of sp³-hybridized carbons (Fsp3) is 0.273. The van der Waals surface area contributed by atoms with Crippen molar-refractivity contribution >= 4 is 10.9 Å². The molecule has 2 aromatic heterocycles. The second kappa shape index (κ2) is 7.43. The third kappa shape index (κ3) is 3.59. The van der Waals surface area contributed by atoms with Crippen molar-refractivity contribution in [2.75, 3.05) is 7.11 Å². The lowest BCUT2D eigenvalue weighted by atomic mass is 9.79. The van der Waals surface area contributed by atoms with Crippen molar-refractivity contribution in [2.24, 2.45) is 0 Å². The van der Waals surface area contributed by atoms with E-state index in [2.05, 4.69) is 29.0 Å². The summed E-state index contributed by atoms with van der Waals surface area (Å²) in [5, 5.41) is 20.0. The van der Waals surface area contributed by atoms with Crippen LogP contribution in [0.4, 0.5) is 0 Å². The third-order valence-electron chi connectivity index (χ3n) is 4.77. The van der Waals surface area contributed by atoms with Crippen LogP contribution in [0.25, 0.3) is 10.9 Å². The summed E-state index contributed by atoms with van der Waals surface area (Å²) in [6.45, 7) is 3.95. The Kier molecular flexibility index (Phi) is 5.05. The number of hydrogen-bond acceptors (Lipinski definition) is 5. The maximum absolute atomic E-state index is 9.89. The van der Waals surface area contributed by atoms with E-state index in [0.717, 1.165) is 28.5 Å². The molecule has 3 rings (SSSR count). The summed E-state index contributed by atoms with van der Waals surface area (Å²) in [4.78, 5) is 8.93. The quantitative estimate of drug-likeness (QED) is 0.687. The van der Waals surface area contributed by atoms with Gasteiger partial charge in [0.1, 0.15) is 11.8 Å². The number of methoxy groups -OCH3 is 1. The number of pyridine rings is 2. The van der Waals surface area contributed by atoms with Crippen LogP contribution in [0.5, 0.6) is 5.88 Å². The van der Waals surface area contributed by atoms with Gasteiger partial charge in [-0.2, -0.15) is 10.5 Å². The molecule has 1 atom stereocenters. The monoisotopic (exact) mass is 356 g/mol. The normalized spacial score (nSPS) is 12.8. The maximum atomic E-state index is 9.89. The molecular formula is C22H20N4O. The topological polar surface area (TPSA) is 82.6 Å². The van der Waals surface area contributed by atoms with Gasteiger partial charge in [0.2, 0.25) is 5.88 Å². The zero-order valence-electron chi connectivity index (χ0n) is 15.7. The van der Waals surface area contributed by atoms with Gasteiger partial charge in [-0.3, -0.25) is 0 Å². The van der Waals surface area contributed by atoms with Gasteiger partial charge in [0.05, 0.1) is 24.1 Å². The first kappa shape index (κ1) is 18.4. The van der Waals surface area contributed by atoms with Crippen molar-refractivity contribution in [1.82, 2.24) is 9.97 Å². The average Bonchev–Trinajstić information content (AvgIpc) is 2.72. The minimum Gasteiger partial charge on any atom is -0.481 e. The molecule has 0 saturated carbocycles. The molecule has 1 aromatic carbocycles. The van der Waals surface area contributed by atoms with Crippen molar-refractivity contribution in [3.05, 3.63) is 65.0 Å². The number of rotatable bonds is 5. The maximum Gasteiger partial charge on any atom is 0.216 e. The molecule has 0 spiro atoms. The second-order valence-corrected chi connectivity index (χ2v) is 6.66. The smallest absolute Gasteiger partial charge is 0.216 e. The van der Waals surface area contributed by atoms with Crippen LogP contribution in [-0.4, -0.2) is 17.1 Å². The molecule has 0 aliphatic rings. The zero-order valence-corrected chi connectivity index (χ0v) is 15.7. The van der Waals surface area contributed by atoms with E-state index in [1.54, 1.807) is 19.2 Å². The molecule has 0 saturated heterocycles. The van der Waals surface area contributed by atoms with Crippen LogP contribution in [-0.2, 0) is 18.3 Å². The molecule has 0 aliphatic carbocycles. The lowest BCUT2D eigenvalue weighted by Crippen LogP contribution is -2.23. The predicted molar refractivity (Wildman–Crippen MR) is 103 cm³/mol. The van der Waals surface area contributed by atoms with E-state index in [1.807, 2.05) is 37.3 Å². The molecule has 0 bridgehead atoms. The van der Waals surface area contributed by atoms with Gasteiger partial charge in [0, 0.05) is 23.1 Å². The largest absolute Gasteiger partial charge is 0.481 e. The highest BCUT2D eigenvalue weighted by molar-refractivity contribution is 5.81. The first-order valence-electron chi connectivity index (χ1n) is 8.78. The van der Waals surface area contributed by atoms with Crippen LogP contribution in [0, 0.1) is 22.7 Å². The van der Waals surface area contributed by atoms with Crippen LogP contribution in [0.1, 0.15) is 36.4 Å². The molecular weight excluding hydrogens is 336 g/mol. The molecule has 1 unspecified atom stereocenters. The fourth-order valence-corrected chi connectivity index (χ4v) is 3.18. The Hall–Kier alpha value is -3.44. The number of nitrogens with zero attached hydrogens (tertiary/aromatic N) is 4. The van der Waals surface area contributed by atoms with Crippen LogP contribution in [0.3, 0.4) is 0 Å². The van der Waals surface area contributed by atoms with Gasteiger partial charge >= 0.3 is 0 Å². The number of benzene rings is 1. The summed E-state index contributed by atoms with van der Waals surface area (Å²) < 4.78 is 5.40. The standard InChI is InChI=1S/C22H20N4O/c1-4-15-10-16-8-9-17(11-20(16)26-21(15)27-3)22(2,14-24)12-18-6-5-7-19(13-23)25-18/h5-11H,4,12H2,1-3H3. The lowest BCUT2D eigenvalue weighted by molar-refractivity contribution is 0.395. The average molecular weight is 356 g/mol. The number of nitriles is 2. The molecule has 3 aromatic rings. The Labute approximate surface area is 158 Å². The van der Waals surface area contributed by atoms with E-state index < -0.39 is 5.41 Å². The molecule has 134 valence electrons. The minimum atomic E-state index is -0.784. The molecule has 0 aliphatic heterocycles. The van der Waals surface area contributed by atoms with E-state index in [1.165, 1.54) is 0 Å². The highest BCUT2D eigenvalue weighted by Gasteiger charge is 2.28. The molecule has 0 fully saturated rings. The van der Waals surface area contributed by atoms with Crippen molar-refractivity contribution < 1.29 is 4.74 Å². The Balaban J connectivity index is 2.05. The summed E-state index contributed by atoms with van der Waals surface area (Å²) in [7, 11) is 1.62. The molecule has 5 nitrogen and oxygen atoms in total. The van der Waals surface area contributed by atoms with Crippen LogP contribution >= 0.6 is 0 Å². The molecule has 0 radical (unpaired) electrons. The van der Waals surface area contributed by atoms with Crippen LogP contribution in [0.15, 0.2) is 42.5 Å². The van der Waals surface area contributed by atoms with E-state index in [9.17, 15) is 5.26 Å². The fourth-order valence-electron chi connectivity index (χ4n) is 3.18. The van der Waals surface area contributed by atoms with Crippen molar-refractivity contribution in [3.63, 3.8) is 0 Å². The number of aryl methyl sites for hydroxylation is 1. The number of hydrogen-bond donors (Lipinski definition) is 0. The van der Waals surface area contributed by atoms with Gasteiger partial charge in [-0.1, -0.05) is 25.1 Å². The molecule has 0 N–H and O–H groups in total. The van der Waals surface area contributed by atoms with Crippen LogP contribution < -0.4 is 4.74 Å². The molecule has 0 amide bonds. The summed E-state index contributed by atoms with van der Waals surface area (Å²) in [6.07, 6.45) is 1.25. The Morgan fingerprint density at radius 2 is 1.93 bits per heavy atom. The Morgan fingerprint density at radius 1 is 1.11 bits per heavy atom. The van der Waals surface area contributed by atoms with E-state index in [4.69, 9.17) is 10.00 Å². The summed E-state index contributed by atoms with van der Waals surface area (Å²) in [5.41, 5.74) is 2.99. The summed E-state index contributed by atoms with van der Waals surface area (Å²) in [5.74, 6) is 0.615. The zero-order chi connectivity index (χ0) is 19.4. The molecule has 2 heterocycles. The van der Waals surface area contributed by atoms with Gasteiger partial charge < -0.3 is 4.74 Å². The third-order valence-corrected chi connectivity index (χ3v) is 4.77. The van der Waals surface area contributed by atoms with E-state index in [-0.39, 0.29) is 0 Å². The highest BCUT2D eigenvalue weighted by Crippen LogP contribution is 2.31. The van der Waals surface area contributed by atoms with Gasteiger partial charge in [-0.25, -0.2) is 9.97 Å². The lowest BCUT2D eigenvalue weighted by Gasteiger charge is -2.22. The SMILES string of the molecule is CCc1cc2ccc(C(C)(C#N)Cc3cccc(C#N)n3)cc2nc1OC. The second-order valence-electron chi connectivity index (χ2n) is 6.66. The number of fused-ring (bicyclic) bond motifs is 1. The van der Waals surface area contributed by atoms with E-state index in [0.29, 0.717) is 23.7 Å². The number of aromatic nitrogens is 2. The minimum absolute atomic E-state index is 0.352. The van der Waals surface area contributed by atoms with Crippen molar-refractivity contribution in [2.45, 2.75) is 32.1 Å². The van der Waals surface area contributed by atoms with Crippen molar-refractivity contribution in [1.29, 1.82) is 10.5 Å². The summed E-state index contributed by atoms with van der Waals surface area (Å²) >= 11 is 0. The molecule has 27 heavy (non-hydrogen) atoms. The Bertz CT molecular complexity index is 1080. The van der Waals surface area contributed by atoms with Gasteiger partial charge in [-0.05, 0) is 43.2 Å². The Morgan fingerprint density at radius 3 is 2.59 bits per heavy atom. The predicted octanol–water partition coefficient (Wildman–Crippen LogP) is 4.10. The van der Waals surface area contributed by atoms with Gasteiger partial charge in [0.25, 0.3) is 0 Å². The highest BCUT2D eigenvalue weighted by atomic mass is 16.5. The summed E-state index contributed by atoms with van der Waals surface area (Å²) in [6, 6.07) is 17.7. The first-order valence-corrected chi connectivity index (χ1v) is 8.78. The van der Waals surface area contributed by atoms with E-state index >= 15 is 0 Å². The van der Waals surface area contributed by atoms with Gasteiger partial charge in [-0.15, -0.1) is 0 Å². The first-order chi connectivity index (χ1) is 13.0. The molecule has 5 heteroatoms. The van der Waals surface area contributed by atoms with Gasteiger partial charge in [0.15, 0.2) is 0 Å². The number of ether oxygens (including phenoxy) is 1.